The molecule has 0 radical (unpaired) electrons. The van der Waals surface area contributed by atoms with Gasteiger partial charge < -0.3 is 35.6 Å². The summed E-state index contributed by atoms with van der Waals surface area (Å²) in [5, 5.41) is 11.8. The second-order valence-electron chi connectivity index (χ2n) is 20.1. The van der Waals surface area contributed by atoms with Crippen LogP contribution >= 0.6 is 0 Å². The third-order valence-electron chi connectivity index (χ3n) is 14.6. The van der Waals surface area contributed by atoms with E-state index in [1.807, 2.05) is 13.8 Å². The first-order valence-electron chi connectivity index (χ1n) is 22.3. The minimum absolute atomic E-state index is 0.00138. The number of ether oxygens (including phenoxy) is 2. The van der Waals surface area contributed by atoms with E-state index >= 15 is 4.79 Å². The molecule has 6 aliphatic rings. The Morgan fingerprint density at radius 1 is 0.879 bits per heavy atom. The van der Waals surface area contributed by atoms with E-state index in [1.165, 1.54) is 0 Å². The van der Waals surface area contributed by atoms with Gasteiger partial charge in [-0.1, -0.05) is 72.6 Å². The van der Waals surface area contributed by atoms with Gasteiger partial charge in [-0.2, -0.15) is 0 Å². The van der Waals surface area contributed by atoms with Crippen molar-refractivity contribution in [2.45, 2.75) is 191 Å². The van der Waals surface area contributed by atoms with Gasteiger partial charge in [0.05, 0.1) is 28.7 Å². The summed E-state index contributed by atoms with van der Waals surface area (Å²) in [5.41, 5.74) is -1.85. The van der Waals surface area contributed by atoms with Crippen molar-refractivity contribution in [3.05, 3.63) is 0 Å². The summed E-state index contributed by atoms with van der Waals surface area (Å²) < 4.78 is 38.8. The maximum Gasteiger partial charge on any atom is 0.315 e. The number of ketones is 1. The van der Waals surface area contributed by atoms with Crippen LogP contribution in [0.4, 0.5) is 4.79 Å². The van der Waals surface area contributed by atoms with Crippen molar-refractivity contribution >= 4 is 39.4 Å². The minimum atomic E-state index is -3.80. The molecule has 6 fully saturated rings. The molecule has 2 saturated heterocycles. The molecule has 4 aliphatic carbocycles. The molecule has 0 aromatic rings. The van der Waals surface area contributed by atoms with Crippen LogP contribution in [-0.4, -0.2) is 109 Å². The number of Topliss-reactive ketones (excluding diaryl/α,β-unsaturated/α-hetero) is 1. The number of likely N-dealkylation sites (tertiary alicyclic amines) is 1. The Hall–Kier alpha value is -2.78. The maximum absolute atomic E-state index is 15.0. The van der Waals surface area contributed by atoms with E-state index in [0.29, 0.717) is 51.7 Å². The molecular formula is C43H71N5O9S. The van der Waals surface area contributed by atoms with Gasteiger partial charge in [0, 0.05) is 19.2 Å². The molecule has 58 heavy (non-hydrogen) atoms. The van der Waals surface area contributed by atoms with Crippen LogP contribution in [0.25, 0.3) is 0 Å². The molecule has 15 heteroatoms. The van der Waals surface area contributed by atoms with Crippen LogP contribution in [0, 0.1) is 22.7 Å². The molecule has 2 heterocycles. The van der Waals surface area contributed by atoms with Gasteiger partial charge in [-0.05, 0) is 101 Å². The lowest BCUT2D eigenvalue weighted by molar-refractivity contribution is -0.165. The van der Waals surface area contributed by atoms with Gasteiger partial charge in [0.15, 0.2) is 16.1 Å². The van der Waals surface area contributed by atoms with Crippen LogP contribution in [0.15, 0.2) is 0 Å². The predicted octanol–water partition coefficient (Wildman–Crippen LogP) is 4.68. The number of fused-ring (bicyclic) bond motifs is 1. The number of sulfone groups is 1. The molecule has 6 atom stereocenters. The van der Waals surface area contributed by atoms with E-state index in [4.69, 9.17) is 9.47 Å². The van der Waals surface area contributed by atoms with Crippen molar-refractivity contribution in [3.63, 3.8) is 0 Å². The molecule has 6 rings (SSSR count). The van der Waals surface area contributed by atoms with Gasteiger partial charge in [-0.3, -0.25) is 19.2 Å². The van der Waals surface area contributed by atoms with Gasteiger partial charge in [0.25, 0.3) is 5.91 Å². The Balaban J connectivity index is 1.20. The van der Waals surface area contributed by atoms with E-state index in [-0.39, 0.29) is 41.6 Å². The van der Waals surface area contributed by atoms with Crippen molar-refractivity contribution in [2.75, 3.05) is 25.5 Å². The molecule has 0 aromatic carbocycles. The van der Waals surface area contributed by atoms with Gasteiger partial charge in [0.1, 0.15) is 12.1 Å². The molecule has 2 aliphatic heterocycles. The number of carbonyl (C=O) groups excluding carboxylic acids is 5. The summed E-state index contributed by atoms with van der Waals surface area (Å²) in [6.07, 6.45) is 12.4. The number of hydrogen-bond acceptors (Lipinski definition) is 9. The number of hydrogen-bond donors (Lipinski definition) is 4. The standard InChI is InChI=1S/C43H71N5O9S/c1-7-16-30(34(49)37(51)44-28-18-19-28)45-36(50)33-32-29(41(32,4)5)25-48(33)38(52)35(42(6)20-11-8-12-21-42)46-39(53)47-43(22-13-9-14-23-43)27-58(54,55)40(2,3)26-57-31-17-10-15-24-56-31/h28-33,35H,7-27H2,1-6H3,(H,44,51)(H,45,50)(H2,46,47,53)/t29-,30?,31?,32-,33-,35+/m0/s1. The van der Waals surface area contributed by atoms with Gasteiger partial charge in [-0.15, -0.1) is 0 Å². The Labute approximate surface area is 346 Å². The van der Waals surface area contributed by atoms with Gasteiger partial charge >= 0.3 is 6.03 Å². The van der Waals surface area contributed by atoms with Gasteiger partial charge in [-0.25, -0.2) is 13.2 Å². The third-order valence-corrected chi connectivity index (χ3v) is 17.3. The average Bonchev–Trinajstić information content (AvgIpc) is 4.03. The van der Waals surface area contributed by atoms with Crippen LogP contribution < -0.4 is 21.3 Å². The molecule has 0 spiro atoms. The highest BCUT2D eigenvalue weighted by molar-refractivity contribution is 7.92. The van der Waals surface area contributed by atoms with E-state index in [2.05, 4.69) is 35.1 Å². The fourth-order valence-corrected chi connectivity index (χ4v) is 12.1. The molecule has 328 valence electrons. The second kappa shape index (κ2) is 17.7. The molecule has 0 bridgehead atoms. The number of carbonyl (C=O) groups is 5. The summed E-state index contributed by atoms with van der Waals surface area (Å²) in [7, 11) is -3.80. The van der Waals surface area contributed by atoms with Crippen molar-refractivity contribution < 1.29 is 41.9 Å². The summed E-state index contributed by atoms with van der Waals surface area (Å²) in [6.45, 7) is 12.3. The molecule has 0 aromatic heterocycles. The maximum atomic E-state index is 15.0. The smallest absolute Gasteiger partial charge is 0.315 e. The SMILES string of the molecule is CCCC(NC(=O)[C@@H]1[C@@H]2[C@H](CN1C(=O)[C@@H](NC(=O)NC1(CS(=O)(=O)C(C)(C)COC3CCCCO3)CCCCC1)C1(C)CCCCC1)C2(C)C)C(=O)C(=O)NC1CC1. The van der Waals surface area contributed by atoms with E-state index < -0.39 is 73.6 Å². The zero-order chi connectivity index (χ0) is 42.1. The van der Waals surface area contributed by atoms with Crippen LogP contribution in [0.5, 0.6) is 0 Å². The predicted molar refractivity (Wildman–Crippen MR) is 219 cm³/mol. The lowest BCUT2D eigenvalue weighted by atomic mass is 9.70. The van der Waals surface area contributed by atoms with Crippen molar-refractivity contribution in [1.29, 1.82) is 0 Å². The molecular weight excluding hydrogens is 763 g/mol. The van der Waals surface area contributed by atoms with Crippen molar-refractivity contribution in [3.8, 4) is 0 Å². The first-order chi connectivity index (χ1) is 27.3. The zero-order valence-electron chi connectivity index (χ0n) is 35.9. The quantitative estimate of drug-likeness (QED) is 0.151. The Bertz CT molecular complexity index is 1640. The summed E-state index contributed by atoms with van der Waals surface area (Å²) in [6, 6.07) is -3.45. The van der Waals surface area contributed by atoms with Crippen LogP contribution in [0.2, 0.25) is 0 Å². The highest BCUT2D eigenvalue weighted by atomic mass is 32.2. The first-order valence-corrected chi connectivity index (χ1v) is 24.0. The minimum Gasteiger partial charge on any atom is -0.353 e. The molecule has 4 saturated carbocycles. The molecule has 5 amide bonds. The molecule has 4 N–H and O–H groups in total. The lowest BCUT2D eigenvalue weighted by Gasteiger charge is -2.44. The van der Waals surface area contributed by atoms with E-state index in [1.54, 1.807) is 18.7 Å². The normalized spacial score (nSPS) is 28.6. The number of urea groups is 1. The topological polar surface area (TPSA) is 189 Å². The largest absolute Gasteiger partial charge is 0.353 e. The van der Waals surface area contributed by atoms with Crippen LogP contribution in [0.3, 0.4) is 0 Å². The fraction of sp³-hybridized carbons (Fsp3) is 0.884. The number of piperidine rings is 1. The second-order valence-corrected chi connectivity index (χ2v) is 22.7. The number of amides is 5. The Kier molecular flexibility index (Phi) is 13.6. The number of nitrogens with one attached hydrogen (secondary N) is 4. The van der Waals surface area contributed by atoms with Gasteiger partial charge in [0.2, 0.25) is 17.6 Å². The highest BCUT2D eigenvalue weighted by Crippen LogP contribution is 2.65. The van der Waals surface area contributed by atoms with E-state index in [9.17, 15) is 27.6 Å². The third kappa shape index (κ3) is 9.88. The Morgan fingerprint density at radius 2 is 1.53 bits per heavy atom. The van der Waals surface area contributed by atoms with Crippen molar-refractivity contribution in [2.24, 2.45) is 22.7 Å². The fourth-order valence-electron chi connectivity index (χ4n) is 10.3. The summed E-state index contributed by atoms with van der Waals surface area (Å²) >= 11 is 0. The highest BCUT2D eigenvalue weighted by Gasteiger charge is 2.70. The summed E-state index contributed by atoms with van der Waals surface area (Å²) in [5.74, 6) is -2.51. The summed E-state index contributed by atoms with van der Waals surface area (Å²) in [4.78, 5) is 71.4. The molecule has 2 unspecified atom stereocenters. The monoisotopic (exact) mass is 833 g/mol. The van der Waals surface area contributed by atoms with Crippen LogP contribution in [-0.2, 0) is 38.5 Å². The van der Waals surface area contributed by atoms with Crippen molar-refractivity contribution in [1.82, 2.24) is 26.2 Å². The lowest BCUT2D eigenvalue weighted by Crippen LogP contribution is -2.65. The average molecular weight is 834 g/mol. The van der Waals surface area contributed by atoms with E-state index in [0.717, 1.165) is 70.6 Å². The van der Waals surface area contributed by atoms with Crippen LogP contribution in [0.1, 0.15) is 151 Å². The Morgan fingerprint density at radius 3 is 2.14 bits per heavy atom. The molecule has 14 nitrogen and oxygen atoms in total. The number of nitrogens with zero attached hydrogens (tertiary/aromatic N) is 1. The first kappa shape index (κ1) is 44.8. The zero-order valence-corrected chi connectivity index (χ0v) is 36.7. The number of rotatable bonds is 17.